The number of hydrogen-bond donors (Lipinski definition) is 2. The maximum atomic E-state index is 11.6. The molecular weight excluding hydrogens is 332 g/mol. The largest absolute Gasteiger partial charge is 0.493 e. The molecule has 0 spiro atoms. The van der Waals surface area contributed by atoms with Gasteiger partial charge in [0, 0.05) is 35.6 Å². The predicted molar refractivity (Wildman–Crippen MR) is 87.4 cm³/mol. The second-order valence-corrected chi connectivity index (χ2v) is 6.28. The lowest BCUT2D eigenvalue weighted by Gasteiger charge is -2.12. The van der Waals surface area contributed by atoms with Crippen LogP contribution in [0.15, 0.2) is 22.7 Å². The first-order valence-electron chi connectivity index (χ1n) is 7.60. The number of amides is 1. The van der Waals surface area contributed by atoms with Gasteiger partial charge in [-0.25, -0.2) is 0 Å². The number of rotatable bonds is 9. The lowest BCUT2D eigenvalue weighted by molar-refractivity contribution is -0.121. The molecule has 1 aliphatic carbocycles. The first-order valence-corrected chi connectivity index (χ1v) is 8.39. The molecule has 0 aliphatic heterocycles. The normalized spacial score (nSPS) is 14.0. The second-order valence-electron chi connectivity index (χ2n) is 5.37. The zero-order chi connectivity index (χ0) is 15.1. The molecule has 1 aromatic rings. The summed E-state index contributed by atoms with van der Waals surface area (Å²) in [6, 6.07) is 6.47. The maximum Gasteiger partial charge on any atom is 0.221 e. The van der Waals surface area contributed by atoms with Crippen molar-refractivity contribution in [1.82, 2.24) is 10.6 Å². The predicted octanol–water partition coefficient (Wildman–Crippen LogP) is 3.00. The summed E-state index contributed by atoms with van der Waals surface area (Å²) in [4.78, 5) is 11.6. The highest BCUT2D eigenvalue weighted by molar-refractivity contribution is 9.10. The van der Waals surface area contributed by atoms with E-state index in [-0.39, 0.29) is 5.91 Å². The summed E-state index contributed by atoms with van der Waals surface area (Å²) < 4.78 is 6.78. The molecule has 2 N–H and O–H groups in total. The fourth-order valence-corrected chi connectivity index (χ4v) is 2.40. The van der Waals surface area contributed by atoms with E-state index in [4.69, 9.17) is 4.74 Å². The van der Waals surface area contributed by atoms with Gasteiger partial charge >= 0.3 is 0 Å². The first-order chi connectivity index (χ1) is 10.2. The Morgan fingerprint density at radius 1 is 1.43 bits per heavy atom. The molecule has 4 nitrogen and oxygen atoms in total. The minimum absolute atomic E-state index is 0.140. The molecule has 0 aromatic heterocycles. The van der Waals surface area contributed by atoms with Gasteiger partial charge in [0.15, 0.2) is 0 Å². The number of benzene rings is 1. The smallest absolute Gasteiger partial charge is 0.221 e. The van der Waals surface area contributed by atoms with Crippen LogP contribution in [0.5, 0.6) is 5.75 Å². The van der Waals surface area contributed by atoms with Crippen LogP contribution in [0.4, 0.5) is 0 Å². The van der Waals surface area contributed by atoms with Gasteiger partial charge in [-0.3, -0.25) is 4.79 Å². The topological polar surface area (TPSA) is 50.4 Å². The third kappa shape index (κ3) is 6.06. The van der Waals surface area contributed by atoms with E-state index in [0.717, 1.165) is 41.7 Å². The molecule has 0 bridgehead atoms. The summed E-state index contributed by atoms with van der Waals surface area (Å²) in [6.07, 6.45) is 3.78. The Labute approximate surface area is 134 Å². The van der Waals surface area contributed by atoms with Crippen LogP contribution in [-0.4, -0.2) is 25.1 Å². The number of ether oxygens (including phenoxy) is 1. The number of hydrogen-bond acceptors (Lipinski definition) is 3. The molecule has 1 fully saturated rings. The van der Waals surface area contributed by atoms with Gasteiger partial charge in [0.2, 0.25) is 5.91 Å². The second kappa shape index (κ2) is 8.39. The lowest BCUT2D eigenvalue weighted by atomic mass is 10.2. The molecule has 5 heteroatoms. The van der Waals surface area contributed by atoms with Crippen molar-refractivity contribution in [2.45, 2.75) is 45.2 Å². The molecule has 2 rings (SSSR count). The van der Waals surface area contributed by atoms with E-state index < -0.39 is 0 Å². The van der Waals surface area contributed by atoms with Gasteiger partial charge < -0.3 is 15.4 Å². The van der Waals surface area contributed by atoms with Crippen molar-refractivity contribution in [3.63, 3.8) is 0 Å². The molecule has 0 radical (unpaired) electrons. The van der Waals surface area contributed by atoms with Gasteiger partial charge in [-0.15, -0.1) is 0 Å². The number of nitrogens with one attached hydrogen (secondary N) is 2. The summed E-state index contributed by atoms with van der Waals surface area (Å²) in [5, 5.41) is 6.30. The average molecular weight is 355 g/mol. The van der Waals surface area contributed by atoms with Crippen molar-refractivity contribution in [2.75, 3.05) is 13.2 Å². The molecule has 0 atom stereocenters. The Morgan fingerprint density at radius 3 is 2.95 bits per heavy atom. The zero-order valence-electron chi connectivity index (χ0n) is 12.5. The van der Waals surface area contributed by atoms with Crippen LogP contribution in [0.3, 0.4) is 0 Å². The van der Waals surface area contributed by atoms with Crippen LogP contribution in [0, 0.1) is 0 Å². The maximum absolute atomic E-state index is 11.6. The third-order valence-corrected chi connectivity index (χ3v) is 3.76. The quantitative estimate of drug-likeness (QED) is 0.670. The summed E-state index contributed by atoms with van der Waals surface area (Å²) in [5.74, 6) is 1.05. The van der Waals surface area contributed by atoms with E-state index in [1.807, 2.05) is 12.1 Å². The molecule has 0 heterocycles. The minimum atomic E-state index is 0.140. The van der Waals surface area contributed by atoms with Crippen molar-refractivity contribution in [1.29, 1.82) is 0 Å². The number of halogens is 1. The van der Waals surface area contributed by atoms with Crippen LogP contribution in [0.2, 0.25) is 0 Å². The average Bonchev–Trinajstić information content (AvgIpc) is 3.26. The Balaban J connectivity index is 1.75. The van der Waals surface area contributed by atoms with Gasteiger partial charge in [0.1, 0.15) is 5.75 Å². The van der Waals surface area contributed by atoms with Gasteiger partial charge in [0.25, 0.3) is 0 Å². The van der Waals surface area contributed by atoms with Gasteiger partial charge in [0.05, 0.1) is 6.61 Å². The monoisotopic (exact) mass is 354 g/mol. The number of carbonyl (C=O) groups excluding carboxylic acids is 1. The van der Waals surface area contributed by atoms with Crippen molar-refractivity contribution in [2.24, 2.45) is 0 Å². The van der Waals surface area contributed by atoms with E-state index in [2.05, 4.69) is 39.6 Å². The van der Waals surface area contributed by atoms with Crippen LogP contribution < -0.4 is 15.4 Å². The van der Waals surface area contributed by atoms with E-state index >= 15 is 0 Å². The summed E-state index contributed by atoms with van der Waals surface area (Å²) in [7, 11) is 0. The van der Waals surface area contributed by atoms with Gasteiger partial charge in [-0.05, 0) is 37.5 Å². The fourth-order valence-electron chi connectivity index (χ4n) is 1.99. The van der Waals surface area contributed by atoms with Crippen LogP contribution in [0.25, 0.3) is 0 Å². The van der Waals surface area contributed by atoms with Crippen LogP contribution in [0.1, 0.15) is 38.2 Å². The molecule has 1 saturated carbocycles. The third-order valence-electron chi connectivity index (χ3n) is 3.27. The Hall–Kier alpha value is -1.07. The summed E-state index contributed by atoms with van der Waals surface area (Å²) in [6.45, 7) is 4.20. The van der Waals surface area contributed by atoms with E-state index in [9.17, 15) is 4.79 Å². The highest BCUT2D eigenvalue weighted by Crippen LogP contribution is 2.23. The Morgan fingerprint density at radius 2 is 2.24 bits per heavy atom. The standard InChI is InChI=1S/C16H23BrN2O2/c1-2-9-21-15-6-3-13(17)10-12(15)11-18-8-7-16(20)19-14-4-5-14/h3,6,10,14,18H,2,4-5,7-9,11H2,1H3,(H,19,20). The molecule has 116 valence electrons. The van der Waals surface area contributed by atoms with Crippen molar-refractivity contribution in [3.05, 3.63) is 28.2 Å². The van der Waals surface area contributed by atoms with Gasteiger partial charge in [-0.2, -0.15) is 0 Å². The minimum Gasteiger partial charge on any atom is -0.493 e. The highest BCUT2D eigenvalue weighted by atomic mass is 79.9. The Bertz CT molecular complexity index is 475. The van der Waals surface area contributed by atoms with Crippen LogP contribution >= 0.6 is 15.9 Å². The Kier molecular flexibility index (Phi) is 6.51. The molecule has 1 aromatic carbocycles. The summed E-state index contributed by atoms with van der Waals surface area (Å²) >= 11 is 3.48. The molecule has 1 amide bonds. The molecule has 0 unspecified atom stereocenters. The SMILES string of the molecule is CCCOc1ccc(Br)cc1CNCCC(=O)NC1CC1. The fraction of sp³-hybridized carbons (Fsp3) is 0.562. The summed E-state index contributed by atoms with van der Waals surface area (Å²) in [5.41, 5.74) is 1.11. The lowest BCUT2D eigenvalue weighted by Crippen LogP contribution is -2.29. The molecule has 0 saturated heterocycles. The number of carbonyl (C=O) groups is 1. The highest BCUT2D eigenvalue weighted by Gasteiger charge is 2.22. The molecular formula is C16H23BrN2O2. The first kappa shape index (κ1) is 16.3. The van der Waals surface area contributed by atoms with Crippen LogP contribution in [-0.2, 0) is 11.3 Å². The zero-order valence-corrected chi connectivity index (χ0v) is 14.0. The van der Waals surface area contributed by atoms with E-state index in [0.29, 0.717) is 25.6 Å². The van der Waals surface area contributed by atoms with E-state index in [1.54, 1.807) is 0 Å². The molecule has 21 heavy (non-hydrogen) atoms. The van der Waals surface area contributed by atoms with Crippen molar-refractivity contribution < 1.29 is 9.53 Å². The van der Waals surface area contributed by atoms with Gasteiger partial charge in [-0.1, -0.05) is 22.9 Å². The van der Waals surface area contributed by atoms with E-state index in [1.165, 1.54) is 0 Å². The van der Waals surface area contributed by atoms with Crippen molar-refractivity contribution in [3.8, 4) is 5.75 Å². The van der Waals surface area contributed by atoms with Crippen molar-refractivity contribution >= 4 is 21.8 Å². The molecule has 1 aliphatic rings.